The van der Waals surface area contributed by atoms with E-state index in [4.69, 9.17) is 20.4 Å². The predicted molar refractivity (Wildman–Crippen MR) is 94.1 cm³/mol. The molecule has 3 aromatic carbocycles. The molecule has 0 aliphatic rings. The van der Waals surface area contributed by atoms with Crippen LogP contribution in [-0.2, 0) is 9.59 Å². The smallest absolute Gasteiger partial charge is 0.222 e. The van der Waals surface area contributed by atoms with Crippen LogP contribution in [0.5, 0.6) is 0 Å². The molecular formula is C20H16N2O2. The van der Waals surface area contributed by atoms with Gasteiger partial charge in [-0.15, -0.1) is 0 Å². The van der Waals surface area contributed by atoms with Crippen LogP contribution in [0.15, 0.2) is 84.9 Å². The first-order valence-electron chi connectivity index (χ1n) is 7.05. The molecule has 0 unspecified atom stereocenters. The highest BCUT2D eigenvalue weighted by atomic mass is 16.1. The summed E-state index contributed by atoms with van der Waals surface area (Å²) in [7, 11) is 0. The van der Waals surface area contributed by atoms with Crippen molar-refractivity contribution < 1.29 is 9.59 Å². The van der Waals surface area contributed by atoms with Crippen molar-refractivity contribution in [1.82, 2.24) is 0 Å². The van der Waals surface area contributed by atoms with Gasteiger partial charge in [0.15, 0.2) is 0 Å². The van der Waals surface area contributed by atoms with E-state index in [1.807, 2.05) is 12.1 Å². The van der Waals surface area contributed by atoms with Gasteiger partial charge in [0.25, 0.3) is 0 Å². The fourth-order valence-corrected chi connectivity index (χ4v) is 2.12. The van der Waals surface area contributed by atoms with Gasteiger partial charge in [-0.3, -0.25) is 0 Å². The predicted octanol–water partition coefficient (Wildman–Crippen LogP) is 4.82. The molecule has 0 bridgehead atoms. The normalized spacial score (nSPS) is 8.33. The van der Waals surface area contributed by atoms with Crippen LogP contribution in [0.3, 0.4) is 0 Å². The first-order chi connectivity index (χ1) is 11.8. The minimum atomic E-state index is 0.750. The van der Waals surface area contributed by atoms with E-state index in [1.54, 1.807) is 0 Å². The lowest BCUT2D eigenvalue weighted by Gasteiger charge is -2.04. The summed E-state index contributed by atoms with van der Waals surface area (Å²) in [6.07, 6.45) is 1.50. The Hall–Kier alpha value is -3.58. The molecular weight excluding hydrogens is 300 g/mol. The minimum Gasteiger partial charge on any atom is -0.222 e. The third kappa shape index (κ3) is 6.04. The zero-order valence-electron chi connectivity index (χ0n) is 12.9. The van der Waals surface area contributed by atoms with Crippen molar-refractivity contribution in [2.75, 3.05) is 0 Å². The fraction of sp³-hybridized carbons (Fsp3) is 0. The van der Waals surface area contributed by atoms with E-state index in [0.717, 1.165) is 12.2 Å². The van der Waals surface area contributed by atoms with Gasteiger partial charge in [0.1, 0.15) is 0 Å². The number of carbonyl (C=O) groups excluding carboxylic acids is 2. The van der Waals surface area contributed by atoms with Gasteiger partial charge < -0.3 is 0 Å². The fourth-order valence-electron chi connectivity index (χ4n) is 2.12. The summed E-state index contributed by atoms with van der Waals surface area (Å²) in [4.78, 5) is 16.7. The molecule has 0 aliphatic carbocycles. The second kappa shape index (κ2) is 11.0. The zero-order chi connectivity index (χ0) is 17.6. The Labute approximate surface area is 140 Å². The van der Waals surface area contributed by atoms with Crippen LogP contribution in [0.2, 0.25) is 0 Å². The van der Waals surface area contributed by atoms with Crippen molar-refractivity contribution in [2.45, 2.75) is 0 Å². The van der Waals surface area contributed by atoms with E-state index in [1.165, 1.54) is 22.3 Å². The molecule has 0 amide bonds. The monoisotopic (exact) mass is 316 g/mol. The lowest BCUT2D eigenvalue weighted by Crippen LogP contribution is -1.79. The van der Waals surface area contributed by atoms with Crippen LogP contribution in [0.1, 0.15) is 0 Å². The number of hydrogen-bond donors (Lipinski definition) is 2. The van der Waals surface area contributed by atoms with E-state index in [2.05, 4.69) is 72.8 Å². The lowest BCUT2D eigenvalue weighted by molar-refractivity contribution is 0.562. The molecule has 0 aromatic heterocycles. The summed E-state index contributed by atoms with van der Waals surface area (Å²) in [5.41, 5.74) is 5.04. The van der Waals surface area contributed by atoms with Crippen molar-refractivity contribution in [3.05, 3.63) is 84.9 Å². The van der Waals surface area contributed by atoms with Gasteiger partial charge in [-0.2, -0.15) is 0 Å². The first kappa shape index (κ1) is 18.5. The van der Waals surface area contributed by atoms with E-state index in [0.29, 0.717) is 0 Å². The molecule has 3 aromatic rings. The van der Waals surface area contributed by atoms with E-state index in [9.17, 15) is 0 Å². The topological polar surface area (TPSA) is 81.8 Å². The molecule has 0 atom stereocenters. The van der Waals surface area contributed by atoms with Crippen LogP contribution in [0.25, 0.3) is 22.3 Å². The van der Waals surface area contributed by atoms with Crippen molar-refractivity contribution in [2.24, 2.45) is 0 Å². The molecule has 0 fully saturated rings. The molecule has 0 aliphatic heterocycles. The summed E-state index contributed by atoms with van der Waals surface area (Å²) >= 11 is 0. The Morgan fingerprint density at radius 1 is 0.458 bits per heavy atom. The maximum absolute atomic E-state index is 8.35. The van der Waals surface area contributed by atoms with E-state index in [-0.39, 0.29) is 0 Å². The molecule has 4 nitrogen and oxygen atoms in total. The SMILES string of the molecule is N=C=O.N=C=O.c1ccc(-c2ccc(-c3ccccc3)cc2)cc1. The average molecular weight is 316 g/mol. The second-order valence-corrected chi connectivity index (χ2v) is 4.51. The lowest BCUT2D eigenvalue weighted by atomic mass is 10.0. The van der Waals surface area contributed by atoms with Gasteiger partial charge in [-0.25, -0.2) is 20.4 Å². The number of rotatable bonds is 2. The highest BCUT2D eigenvalue weighted by Crippen LogP contribution is 2.24. The zero-order valence-corrected chi connectivity index (χ0v) is 12.9. The number of hydrogen-bond acceptors (Lipinski definition) is 4. The quantitative estimate of drug-likeness (QED) is 0.525. The van der Waals surface area contributed by atoms with Crippen LogP contribution in [0, 0.1) is 10.8 Å². The van der Waals surface area contributed by atoms with Gasteiger partial charge in [-0.1, -0.05) is 84.9 Å². The molecule has 0 saturated carbocycles. The van der Waals surface area contributed by atoms with Crippen molar-refractivity contribution in [3.63, 3.8) is 0 Å². The molecule has 0 spiro atoms. The van der Waals surface area contributed by atoms with Crippen molar-refractivity contribution in [3.8, 4) is 22.3 Å². The van der Waals surface area contributed by atoms with E-state index < -0.39 is 0 Å². The first-order valence-corrected chi connectivity index (χ1v) is 7.05. The van der Waals surface area contributed by atoms with Gasteiger partial charge >= 0.3 is 0 Å². The molecule has 118 valence electrons. The Morgan fingerprint density at radius 2 is 0.667 bits per heavy atom. The van der Waals surface area contributed by atoms with Crippen molar-refractivity contribution >= 4 is 12.2 Å². The summed E-state index contributed by atoms with van der Waals surface area (Å²) in [6, 6.07) is 29.6. The van der Waals surface area contributed by atoms with Crippen molar-refractivity contribution in [1.29, 1.82) is 10.8 Å². The van der Waals surface area contributed by atoms with Gasteiger partial charge in [0.05, 0.1) is 0 Å². The maximum atomic E-state index is 8.35. The summed E-state index contributed by atoms with van der Waals surface area (Å²) < 4.78 is 0. The Morgan fingerprint density at radius 3 is 0.917 bits per heavy atom. The minimum absolute atomic E-state index is 0.750. The number of benzene rings is 3. The molecule has 4 heteroatoms. The summed E-state index contributed by atoms with van der Waals surface area (Å²) in [5.74, 6) is 0. The third-order valence-electron chi connectivity index (χ3n) is 3.10. The largest absolute Gasteiger partial charge is 0.231 e. The second-order valence-electron chi connectivity index (χ2n) is 4.51. The van der Waals surface area contributed by atoms with Crippen LogP contribution < -0.4 is 0 Å². The molecule has 0 radical (unpaired) electrons. The molecule has 0 heterocycles. The standard InChI is InChI=1S/C18H14.2CHNO/c1-3-7-15(8-4-1)17-11-13-18(14-12-17)16-9-5-2-6-10-16;2*2-1-3/h1-14H;2*2H. The highest BCUT2D eigenvalue weighted by Gasteiger charge is 1.98. The highest BCUT2D eigenvalue weighted by molar-refractivity contribution is 5.70. The molecule has 0 saturated heterocycles. The molecule has 3 rings (SSSR count). The van der Waals surface area contributed by atoms with Crippen LogP contribution >= 0.6 is 0 Å². The van der Waals surface area contributed by atoms with Crippen LogP contribution in [0.4, 0.5) is 0 Å². The summed E-state index contributed by atoms with van der Waals surface area (Å²) in [5, 5.41) is 10.8. The van der Waals surface area contributed by atoms with Gasteiger partial charge in [0, 0.05) is 0 Å². The van der Waals surface area contributed by atoms with E-state index >= 15 is 0 Å². The summed E-state index contributed by atoms with van der Waals surface area (Å²) in [6.45, 7) is 0. The maximum Gasteiger partial charge on any atom is 0.231 e. The van der Waals surface area contributed by atoms with Gasteiger partial charge in [0.2, 0.25) is 12.2 Å². The van der Waals surface area contributed by atoms with Crippen LogP contribution in [-0.4, -0.2) is 12.2 Å². The molecule has 2 N–H and O–H groups in total. The molecule has 24 heavy (non-hydrogen) atoms. The Bertz CT molecular complexity index is 716. The average Bonchev–Trinajstić information content (AvgIpc) is 2.65. The van der Waals surface area contributed by atoms with Gasteiger partial charge in [-0.05, 0) is 22.3 Å². The Balaban J connectivity index is 0.000000423. The number of isocyanates is 2. The number of nitrogens with one attached hydrogen (secondary N) is 2. The Kier molecular flexibility index (Phi) is 8.50. The third-order valence-corrected chi connectivity index (χ3v) is 3.10.